The van der Waals surface area contributed by atoms with Crippen molar-refractivity contribution in [3.8, 4) is 0 Å². The molecule has 0 N–H and O–H groups in total. The minimum absolute atomic E-state index is 0.0983. The Balaban J connectivity index is 2.30. The standard InChI is InChI=1S/C12H22N2O3/c1-4-17-12(16)10(2)9-13-5-7-14(8-6-13)11(3)15/h10H,4-9H2,1-3H3. The summed E-state index contributed by atoms with van der Waals surface area (Å²) in [5.41, 5.74) is 0. The lowest BCUT2D eigenvalue weighted by molar-refractivity contribution is -0.148. The zero-order valence-electron chi connectivity index (χ0n) is 10.9. The van der Waals surface area contributed by atoms with Crippen LogP contribution in [0.1, 0.15) is 20.8 Å². The Morgan fingerprint density at radius 3 is 2.29 bits per heavy atom. The van der Waals surface area contributed by atoms with Gasteiger partial charge in [-0.05, 0) is 6.92 Å². The summed E-state index contributed by atoms with van der Waals surface area (Å²) in [4.78, 5) is 26.7. The van der Waals surface area contributed by atoms with Crippen LogP contribution in [-0.2, 0) is 14.3 Å². The number of nitrogens with zero attached hydrogens (tertiary/aromatic N) is 2. The average Bonchev–Trinajstić information content (AvgIpc) is 2.30. The molecule has 1 unspecified atom stereocenters. The van der Waals surface area contributed by atoms with E-state index in [0.29, 0.717) is 13.2 Å². The van der Waals surface area contributed by atoms with Gasteiger partial charge in [0, 0.05) is 39.6 Å². The third-order valence-electron chi connectivity index (χ3n) is 3.04. The van der Waals surface area contributed by atoms with Crippen LogP contribution in [0.2, 0.25) is 0 Å². The van der Waals surface area contributed by atoms with Crippen molar-refractivity contribution in [2.24, 2.45) is 5.92 Å². The second kappa shape index (κ2) is 6.59. The summed E-state index contributed by atoms with van der Waals surface area (Å²) >= 11 is 0. The van der Waals surface area contributed by atoms with Crippen molar-refractivity contribution in [1.29, 1.82) is 0 Å². The minimum Gasteiger partial charge on any atom is -0.466 e. The summed E-state index contributed by atoms with van der Waals surface area (Å²) in [6.07, 6.45) is 0. The van der Waals surface area contributed by atoms with Gasteiger partial charge in [0.05, 0.1) is 12.5 Å². The number of esters is 1. The fourth-order valence-electron chi connectivity index (χ4n) is 1.99. The summed E-state index contributed by atoms with van der Waals surface area (Å²) in [5, 5.41) is 0. The number of hydrogen-bond donors (Lipinski definition) is 0. The Morgan fingerprint density at radius 1 is 1.24 bits per heavy atom. The van der Waals surface area contributed by atoms with E-state index in [1.54, 1.807) is 6.92 Å². The normalized spacial score (nSPS) is 18.9. The van der Waals surface area contributed by atoms with E-state index < -0.39 is 0 Å². The highest BCUT2D eigenvalue weighted by molar-refractivity contribution is 5.73. The summed E-state index contributed by atoms with van der Waals surface area (Å²) < 4.78 is 4.97. The van der Waals surface area contributed by atoms with Gasteiger partial charge in [0.1, 0.15) is 0 Å². The van der Waals surface area contributed by atoms with E-state index in [4.69, 9.17) is 4.74 Å². The molecule has 1 fully saturated rings. The second-order valence-electron chi connectivity index (χ2n) is 4.46. The van der Waals surface area contributed by atoms with Crippen molar-refractivity contribution in [3.63, 3.8) is 0 Å². The number of carbonyl (C=O) groups excluding carboxylic acids is 2. The Bertz CT molecular complexity index is 273. The van der Waals surface area contributed by atoms with Crippen LogP contribution in [0.4, 0.5) is 0 Å². The maximum atomic E-state index is 11.5. The third-order valence-corrected chi connectivity index (χ3v) is 3.04. The number of ether oxygens (including phenoxy) is 1. The highest BCUT2D eigenvalue weighted by atomic mass is 16.5. The maximum absolute atomic E-state index is 11.5. The lowest BCUT2D eigenvalue weighted by Gasteiger charge is -2.35. The molecule has 1 aliphatic rings. The van der Waals surface area contributed by atoms with Crippen molar-refractivity contribution < 1.29 is 14.3 Å². The SMILES string of the molecule is CCOC(=O)C(C)CN1CCN(C(C)=O)CC1. The molecule has 1 saturated heterocycles. The quantitative estimate of drug-likeness (QED) is 0.667. The summed E-state index contributed by atoms with van der Waals surface area (Å²) in [6, 6.07) is 0. The lowest BCUT2D eigenvalue weighted by Crippen LogP contribution is -2.49. The first-order valence-corrected chi connectivity index (χ1v) is 6.19. The van der Waals surface area contributed by atoms with E-state index in [-0.39, 0.29) is 17.8 Å². The topological polar surface area (TPSA) is 49.9 Å². The molecule has 0 aromatic rings. The number of piperazine rings is 1. The van der Waals surface area contributed by atoms with Gasteiger partial charge in [-0.2, -0.15) is 0 Å². The van der Waals surface area contributed by atoms with Crippen LogP contribution < -0.4 is 0 Å². The number of rotatable bonds is 4. The first kappa shape index (κ1) is 14.0. The van der Waals surface area contributed by atoms with Crippen molar-refractivity contribution >= 4 is 11.9 Å². The molecule has 98 valence electrons. The largest absolute Gasteiger partial charge is 0.466 e. The molecule has 0 radical (unpaired) electrons. The zero-order chi connectivity index (χ0) is 12.8. The molecule has 1 amide bonds. The van der Waals surface area contributed by atoms with Crippen molar-refractivity contribution in [3.05, 3.63) is 0 Å². The summed E-state index contributed by atoms with van der Waals surface area (Å²) in [7, 11) is 0. The number of carbonyl (C=O) groups is 2. The van der Waals surface area contributed by atoms with Crippen LogP contribution in [0, 0.1) is 5.92 Å². The van der Waals surface area contributed by atoms with Gasteiger partial charge >= 0.3 is 5.97 Å². The van der Waals surface area contributed by atoms with E-state index in [1.807, 2.05) is 18.7 Å². The van der Waals surface area contributed by atoms with E-state index in [0.717, 1.165) is 26.2 Å². The number of hydrogen-bond acceptors (Lipinski definition) is 4. The van der Waals surface area contributed by atoms with E-state index in [2.05, 4.69) is 4.90 Å². The molecule has 0 spiro atoms. The predicted octanol–water partition coefficient (Wildman–Crippen LogP) is 0.350. The maximum Gasteiger partial charge on any atom is 0.309 e. The third kappa shape index (κ3) is 4.34. The molecule has 0 aliphatic carbocycles. The second-order valence-corrected chi connectivity index (χ2v) is 4.46. The molecule has 0 saturated carbocycles. The molecule has 5 nitrogen and oxygen atoms in total. The predicted molar refractivity (Wildman–Crippen MR) is 64.5 cm³/mol. The molecule has 0 aromatic heterocycles. The zero-order valence-corrected chi connectivity index (χ0v) is 10.9. The van der Waals surface area contributed by atoms with Crippen LogP contribution in [0.3, 0.4) is 0 Å². The van der Waals surface area contributed by atoms with Crippen molar-refractivity contribution in [2.45, 2.75) is 20.8 Å². The van der Waals surface area contributed by atoms with Gasteiger partial charge < -0.3 is 9.64 Å². The fraction of sp³-hybridized carbons (Fsp3) is 0.833. The van der Waals surface area contributed by atoms with Crippen LogP contribution in [0.5, 0.6) is 0 Å². The lowest BCUT2D eigenvalue weighted by atomic mass is 10.1. The molecule has 5 heteroatoms. The first-order valence-electron chi connectivity index (χ1n) is 6.19. The Labute approximate surface area is 103 Å². The van der Waals surface area contributed by atoms with Gasteiger partial charge in [-0.15, -0.1) is 0 Å². The van der Waals surface area contributed by atoms with Gasteiger partial charge in [-0.25, -0.2) is 0 Å². The molecule has 1 heterocycles. The molecular weight excluding hydrogens is 220 g/mol. The molecule has 0 aromatic carbocycles. The monoisotopic (exact) mass is 242 g/mol. The molecule has 0 bridgehead atoms. The molecule has 1 atom stereocenters. The molecular formula is C12H22N2O3. The van der Waals surface area contributed by atoms with Gasteiger partial charge in [0.15, 0.2) is 0 Å². The average molecular weight is 242 g/mol. The molecule has 17 heavy (non-hydrogen) atoms. The fourth-order valence-corrected chi connectivity index (χ4v) is 1.99. The summed E-state index contributed by atoms with van der Waals surface area (Å²) in [6.45, 7) is 9.62. The molecule has 1 rings (SSSR count). The highest BCUT2D eigenvalue weighted by Crippen LogP contribution is 2.07. The van der Waals surface area contributed by atoms with Crippen molar-refractivity contribution in [1.82, 2.24) is 9.80 Å². The molecule has 1 aliphatic heterocycles. The minimum atomic E-state index is -0.138. The Kier molecular flexibility index (Phi) is 5.41. The summed E-state index contributed by atoms with van der Waals surface area (Å²) in [5.74, 6) is -0.108. The van der Waals surface area contributed by atoms with Crippen LogP contribution in [0.25, 0.3) is 0 Å². The number of amides is 1. The van der Waals surface area contributed by atoms with E-state index in [9.17, 15) is 9.59 Å². The van der Waals surface area contributed by atoms with Crippen LogP contribution in [-0.4, -0.2) is 61.0 Å². The smallest absolute Gasteiger partial charge is 0.309 e. The van der Waals surface area contributed by atoms with Gasteiger partial charge in [0.2, 0.25) is 5.91 Å². The van der Waals surface area contributed by atoms with Gasteiger partial charge in [-0.1, -0.05) is 6.92 Å². The van der Waals surface area contributed by atoms with Crippen LogP contribution in [0.15, 0.2) is 0 Å². The van der Waals surface area contributed by atoms with E-state index >= 15 is 0 Å². The van der Waals surface area contributed by atoms with Crippen molar-refractivity contribution in [2.75, 3.05) is 39.3 Å². The van der Waals surface area contributed by atoms with E-state index in [1.165, 1.54) is 0 Å². The highest BCUT2D eigenvalue weighted by Gasteiger charge is 2.22. The van der Waals surface area contributed by atoms with Crippen LogP contribution >= 0.6 is 0 Å². The van der Waals surface area contributed by atoms with Gasteiger partial charge in [-0.3, -0.25) is 14.5 Å². The first-order chi connectivity index (χ1) is 8.04. The Hall–Kier alpha value is -1.10. The van der Waals surface area contributed by atoms with Gasteiger partial charge in [0.25, 0.3) is 0 Å². The Morgan fingerprint density at radius 2 is 1.82 bits per heavy atom.